The molecule has 0 bridgehead atoms. The predicted molar refractivity (Wildman–Crippen MR) is 60.3 cm³/mol. The molecule has 1 saturated heterocycles. The lowest BCUT2D eigenvalue weighted by Gasteiger charge is -2.36. The summed E-state index contributed by atoms with van der Waals surface area (Å²) in [5.41, 5.74) is -0.461. The Hall–Kier alpha value is -0.0800. The van der Waals surface area contributed by atoms with Crippen LogP contribution in [0, 0.1) is 11.8 Å². The van der Waals surface area contributed by atoms with Crippen molar-refractivity contribution in [2.75, 3.05) is 13.1 Å². The van der Waals surface area contributed by atoms with Gasteiger partial charge in [0.05, 0.1) is 5.60 Å². The highest BCUT2D eigenvalue weighted by atomic mass is 16.3. The molecule has 0 aromatic rings. The third kappa shape index (κ3) is 3.58. The first kappa shape index (κ1) is 12.0. The van der Waals surface area contributed by atoms with Gasteiger partial charge in [-0.05, 0) is 51.0 Å². The Morgan fingerprint density at radius 1 is 1.50 bits per heavy atom. The molecule has 2 N–H and O–H groups in total. The number of hydrogen-bond acceptors (Lipinski definition) is 2. The third-order valence-electron chi connectivity index (χ3n) is 3.40. The molecule has 1 rings (SSSR count). The van der Waals surface area contributed by atoms with Crippen LogP contribution >= 0.6 is 0 Å². The van der Waals surface area contributed by atoms with E-state index in [2.05, 4.69) is 19.2 Å². The van der Waals surface area contributed by atoms with Crippen LogP contribution in [0.2, 0.25) is 0 Å². The first-order valence-corrected chi connectivity index (χ1v) is 5.95. The van der Waals surface area contributed by atoms with E-state index in [1.54, 1.807) is 0 Å². The second kappa shape index (κ2) is 5.13. The molecule has 14 heavy (non-hydrogen) atoms. The van der Waals surface area contributed by atoms with Crippen LogP contribution in [0.1, 0.15) is 46.5 Å². The van der Waals surface area contributed by atoms with E-state index in [1.165, 1.54) is 12.8 Å². The van der Waals surface area contributed by atoms with E-state index in [-0.39, 0.29) is 0 Å². The van der Waals surface area contributed by atoms with Crippen LogP contribution < -0.4 is 5.32 Å². The fourth-order valence-corrected chi connectivity index (χ4v) is 2.17. The normalized spacial score (nSPS) is 27.6. The number of piperidine rings is 1. The molecule has 2 nitrogen and oxygen atoms in total. The second-order valence-electron chi connectivity index (χ2n) is 5.33. The standard InChI is InChI=1S/C12H25NO/c1-10(2)6-7-12(3,14)11-5-4-8-13-9-11/h10-11,13-14H,4-9H2,1-3H3. The van der Waals surface area contributed by atoms with Crippen molar-refractivity contribution in [3.63, 3.8) is 0 Å². The van der Waals surface area contributed by atoms with Gasteiger partial charge in [0.2, 0.25) is 0 Å². The van der Waals surface area contributed by atoms with Crippen LogP contribution in [0.15, 0.2) is 0 Å². The van der Waals surface area contributed by atoms with Crippen molar-refractivity contribution < 1.29 is 5.11 Å². The topological polar surface area (TPSA) is 32.3 Å². The van der Waals surface area contributed by atoms with Crippen LogP contribution in [-0.2, 0) is 0 Å². The SMILES string of the molecule is CC(C)CCC(C)(O)C1CCCNC1. The highest BCUT2D eigenvalue weighted by Crippen LogP contribution is 2.29. The van der Waals surface area contributed by atoms with E-state index in [1.807, 2.05) is 6.92 Å². The van der Waals surface area contributed by atoms with E-state index in [9.17, 15) is 5.11 Å². The average molecular weight is 199 g/mol. The number of rotatable bonds is 4. The lowest BCUT2D eigenvalue weighted by molar-refractivity contribution is -0.0218. The molecule has 0 aliphatic carbocycles. The molecule has 2 atom stereocenters. The first-order valence-electron chi connectivity index (χ1n) is 5.95. The van der Waals surface area contributed by atoms with Gasteiger partial charge < -0.3 is 10.4 Å². The first-order chi connectivity index (χ1) is 6.52. The molecule has 1 fully saturated rings. The Labute approximate surface area is 88.1 Å². The molecule has 0 aromatic heterocycles. The highest BCUT2D eigenvalue weighted by molar-refractivity contribution is 4.86. The maximum atomic E-state index is 10.3. The number of nitrogens with one attached hydrogen (secondary N) is 1. The predicted octanol–water partition coefficient (Wildman–Crippen LogP) is 2.17. The maximum absolute atomic E-state index is 10.3. The quantitative estimate of drug-likeness (QED) is 0.727. The molecule has 1 aliphatic rings. The van der Waals surface area contributed by atoms with Gasteiger partial charge in [-0.2, -0.15) is 0 Å². The van der Waals surface area contributed by atoms with Gasteiger partial charge in [-0.25, -0.2) is 0 Å². The lowest BCUT2D eigenvalue weighted by atomic mass is 9.79. The van der Waals surface area contributed by atoms with Gasteiger partial charge in [0.1, 0.15) is 0 Å². The van der Waals surface area contributed by atoms with Crippen LogP contribution in [0.25, 0.3) is 0 Å². The molecule has 0 amide bonds. The zero-order valence-electron chi connectivity index (χ0n) is 9.84. The smallest absolute Gasteiger partial charge is 0.0660 e. The summed E-state index contributed by atoms with van der Waals surface area (Å²) < 4.78 is 0. The zero-order chi connectivity index (χ0) is 10.6. The zero-order valence-corrected chi connectivity index (χ0v) is 9.84. The largest absolute Gasteiger partial charge is 0.390 e. The van der Waals surface area contributed by atoms with E-state index in [0.717, 1.165) is 25.9 Å². The molecular weight excluding hydrogens is 174 g/mol. The van der Waals surface area contributed by atoms with Crippen molar-refractivity contribution in [2.24, 2.45) is 11.8 Å². The highest BCUT2D eigenvalue weighted by Gasteiger charge is 2.32. The van der Waals surface area contributed by atoms with Crippen molar-refractivity contribution >= 4 is 0 Å². The molecule has 2 unspecified atom stereocenters. The van der Waals surface area contributed by atoms with Crippen LogP contribution in [0.5, 0.6) is 0 Å². The van der Waals surface area contributed by atoms with Gasteiger partial charge in [0, 0.05) is 6.54 Å². The molecule has 2 heteroatoms. The van der Waals surface area contributed by atoms with Crippen molar-refractivity contribution in [1.82, 2.24) is 5.32 Å². The fourth-order valence-electron chi connectivity index (χ4n) is 2.17. The van der Waals surface area contributed by atoms with E-state index >= 15 is 0 Å². The van der Waals surface area contributed by atoms with Gasteiger partial charge in [0.15, 0.2) is 0 Å². The minimum atomic E-state index is -0.461. The molecule has 0 aromatic carbocycles. The Bertz CT molecular complexity index is 160. The summed E-state index contributed by atoms with van der Waals surface area (Å²) in [7, 11) is 0. The van der Waals surface area contributed by atoms with Crippen molar-refractivity contribution in [3.8, 4) is 0 Å². The third-order valence-corrected chi connectivity index (χ3v) is 3.40. The summed E-state index contributed by atoms with van der Waals surface area (Å²) in [5.74, 6) is 1.15. The Balaban J connectivity index is 2.37. The van der Waals surface area contributed by atoms with Crippen LogP contribution in [0.3, 0.4) is 0 Å². The van der Waals surface area contributed by atoms with Gasteiger partial charge in [0.25, 0.3) is 0 Å². The van der Waals surface area contributed by atoms with Crippen molar-refractivity contribution in [2.45, 2.75) is 52.1 Å². The number of aliphatic hydroxyl groups is 1. The molecule has 1 aliphatic heterocycles. The Morgan fingerprint density at radius 3 is 2.71 bits per heavy atom. The average Bonchev–Trinajstić information content (AvgIpc) is 2.16. The molecule has 0 radical (unpaired) electrons. The van der Waals surface area contributed by atoms with Crippen LogP contribution in [-0.4, -0.2) is 23.8 Å². The molecule has 0 spiro atoms. The minimum absolute atomic E-state index is 0.454. The van der Waals surface area contributed by atoms with E-state index < -0.39 is 5.60 Å². The fraction of sp³-hybridized carbons (Fsp3) is 1.00. The summed E-state index contributed by atoms with van der Waals surface area (Å²) in [6.45, 7) is 8.55. The summed E-state index contributed by atoms with van der Waals surface area (Å²) >= 11 is 0. The monoisotopic (exact) mass is 199 g/mol. The summed E-state index contributed by atoms with van der Waals surface area (Å²) in [4.78, 5) is 0. The van der Waals surface area contributed by atoms with Crippen molar-refractivity contribution in [3.05, 3.63) is 0 Å². The summed E-state index contributed by atoms with van der Waals surface area (Å²) in [6, 6.07) is 0. The second-order valence-corrected chi connectivity index (χ2v) is 5.33. The lowest BCUT2D eigenvalue weighted by Crippen LogP contribution is -2.44. The maximum Gasteiger partial charge on any atom is 0.0660 e. The minimum Gasteiger partial charge on any atom is -0.390 e. The van der Waals surface area contributed by atoms with Gasteiger partial charge in [-0.3, -0.25) is 0 Å². The van der Waals surface area contributed by atoms with Crippen molar-refractivity contribution in [1.29, 1.82) is 0 Å². The summed E-state index contributed by atoms with van der Waals surface area (Å²) in [5, 5.41) is 13.7. The Kier molecular flexibility index (Phi) is 4.39. The molecule has 84 valence electrons. The summed E-state index contributed by atoms with van der Waals surface area (Å²) in [6.07, 6.45) is 4.46. The number of hydrogen-bond donors (Lipinski definition) is 2. The van der Waals surface area contributed by atoms with Gasteiger partial charge >= 0.3 is 0 Å². The molecular formula is C12H25NO. The Morgan fingerprint density at radius 2 is 2.21 bits per heavy atom. The molecule has 0 saturated carbocycles. The van der Waals surface area contributed by atoms with E-state index in [4.69, 9.17) is 0 Å². The van der Waals surface area contributed by atoms with Gasteiger partial charge in [-0.1, -0.05) is 13.8 Å². The van der Waals surface area contributed by atoms with Gasteiger partial charge in [-0.15, -0.1) is 0 Å². The van der Waals surface area contributed by atoms with Crippen LogP contribution in [0.4, 0.5) is 0 Å². The molecule has 1 heterocycles. The van der Waals surface area contributed by atoms with E-state index in [0.29, 0.717) is 11.8 Å².